The van der Waals surface area contributed by atoms with Crippen LogP contribution in [-0.2, 0) is 19.1 Å². The van der Waals surface area contributed by atoms with Gasteiger partial charge in [0.05, 0.1) is 13.5 Å². The van der Waals surface area contributed by atoms with Gasteiger partial charge < -0.3 is 15.2 Å². The predicted octanol–water partition coefficient (Wildman–Crippen LogP) is 4.21. The standard InChI is InChI=1S/C20H37NO5/c1-3-4-5-6-7-8-9-10-11-12-13-14-15-18(22)21-17(20(24)25)16-19(23)26-2/h17H,3-16H2,1-2H3,(H,21,22)(H,24,25)/t17-/m0/s1. The third-order valence-electron chi connectivity index (χ3n) is 4.49. The van der Waals surface area contributed by atoms with Gasteiger partial charge in [0.15, 0.2) is 0 Å². The third-order valence-corrected chi connectivity index (χ3v) is 4.49. The topological polar surface area (TPSA) is 92.7 Å². The summed E-state index contributed by atoms with van der Waals surface area (Å²) in [6.45, 7) is 2.23. The number of carbonyl (C=O) groups is 3. The molecule has 1 atom stereocenters. The predicted molar refractivity (Wildman–Crippen MR) is 102 cm³/mol. The molecule has 0 heterocycles. The smallest absolute Gasteiger partial charge is 0.326 e. The molecule has 0 aromatic heterocycles. The molecule has 152 valence electrons. The van der Waals surface area contributed by atoms with Crippen LogP contribution in [0.1, 0.15) is 96.8 Å². The van der Waals surface area contributed by atoms with Crippen molar-refractivity contribution in [2.45, 2.75) is 103 Å². The fraction of sp³-hybridized carbons (Fsp3) is 0.850. The Morgan fingerprint density at radius 3 is 1.73 bits per heavy atom. The molecule has 0 aliphatic carbocycles. The van der Waals surface area contributed by atoms with Crippen molar-refractivity contribution in [2.24, 2.45) is 0 Å². The summed E-state index contributed by atoms with van der Waals surface area (Å²) in [4.78, 5) is 34.0. The van der Waals surface area contributed by atoms with Crippen molar-refractivity contribution in [1.82, 2.24) is 5.32 Å². The molecule has 0 saturated carbocycles. The summed E-state index contributed by atoms with van der Waals surface area (Å²) in [6.07, 6.45) is 14.5. The summed E-state index contributed by atoms with van der Waals surface area (Å²) in [6, 6.07) is -1.22. The summed E-state index contributed by atoms with van der Waals surface area (Å²) in [7, 11) is 1.19. The van der Waals surface area contributed by atoms with E-state index in [-0.39, 0.29) is 12.3 Å². The van der Waals surface area contributed by atoms with Gasteiger partial charge >= 0.3 is 11.9 Å². The molecule has 0 aliphatic heterocycles. The van der Waals surface area contributed by atoms with E-state index in [9.17, 15) is 14.4 Å². The number of esters is 1. The molecular formula is C20H37NO5. The summed E-state index contributed by atoms with van der Waals surface area (Å²) in [5.74, 6) is -2.20. The lowest BCUT2D eigenvalue weighted by molar-refractivity contribution is -0.148. The van der Waals surface area contributed by atoms with Gasteiger partial charge in [-0.25, -0.2) is 4.79 Å². The molecule has 2 N–H and O–H groups in total. The first-order valence-corrected chi connectivity index (χ1v) is 10.1. The van der Waals surface area contributed by atoms with Crippen LogP contribution in [0.25, 0.3) is 0 Å². The molecule has 0 radical (unpaired) electrons. The molecule has 0 unspecified atom stereocenters. The Morgan fingerprint density at radius 2 is 1.31 bits per heavy atom. The van der Waals surface area contributed by atoms with E-state index >= 15 is 0 Å². The van der Waals surface area contributed by atoms with E-state index in [0.29, 0.717) is 6.42 Å². The monoisotopic (exact) mass is 371 g/mol. The van der Waals surface area contributed by atoms with Crippen LogP contribution in [-0.4, -0.2) is 36.1 Å². The van der Waals surface area contributed by atoms with E-state index < -0.39 is 18.0 Å². The number of hydrogen-bond donors (Lipinski definition) is 2. The van der Waals surface area contributed by atoms with Gasteiger partial charge in [-0.2, -0.15) is 0 Å². The zero-order chi connectivity index (χ0) is 19.6. The first-order chi connectivity index (χ1) is 12.5. The van der Waals surface area contributed by atoms with Gasteiger partial charge in [0, 0.05) is 6.42 Å². The molecule has 0 aromatic carbocycles. The second kappa shape index (κ2) is 16.9. The molecule has 0 aliphatic rings. The highest BCUT2D eigenvalue weighted by Crippen LogP contribution is 2.12. The molecule has 0 spiro atoms. The maximum Gasteiger partial charge on any atom is 0.326 e. The zero-order valence-corrected chi connectivity index (χ0v) is 16.6. The molecular weight excluding hydrogens is 334 g/mol. The summed E-state index contributed by atoms with van der Waals surface area (Å²) in [5.41, 5.74) is 0. The average Bonchev–Trinajstić information content (AvgIpc) is 2.61. The van der Waals surface area contributed by atoms with Crippen molar-refractivity contribution >= 4 is 17.8 Å². The highest BCUT2D eigenvalue weighted by atomic mass is 16.5. The van der Waals surface area contributed by atoms with Crippen LogP contribution in [0, 0.1) is 0 Å². The lowest BCUT2D eigenvalue weighted by Gasteiger charge is -2.13. The minimum atomic E-state index is -1.22. The number of methoxy groups -OCH3 is 1. The largest absolute Gasteiger partial charge is 0.480 e. The van der Waals surface area contributed by atoms with E-state index in [4.69, 9.17) is 5.11 Å². The fourth-order valence-corrected chi connectivity index (χ4v) is 2.84. The summed E-state index contributed by atoms with van der Waals surface area (Å²) >= 11 is 0. The van der Waals surface area contributed by atoms with Crippen LogP contribution in [0.15, 0.2) is 0 Å². The number of carboxylic acids is 1. The van der Waals surface area contributed by atoms with Crippen molar-refractivity contribution in [1.29, 1.82) is 0 Å². The summed E-state index contributed by atoms with van der Waals surface area (Å²) < 4.78 is 4.44. The minimum absolute atomic E-state index is 0.294. The Hall–Kier alpha value is -1.59. The number of unbranched alkanes of at least 4 members (excludes halogenated alkanes) is 11. The van der Waals surface area contributed by atoms with Gasteiger partial charge in [-0.3, -0.25) is 9.59 Å². The molecule has 0 saturated heterocycles. The van der Waals surface area contributed by atoms with Gasteiger partial charge in [-0.05, 0) is 6.42 Å². The number of aliphatic carboxylic acids is 1. The number of rotatable bonds is 17. The van der Waals surface area contributed by atoms with E-state index in [1.165, 1.54) is 64.9 Å². The van der Waals surface area contributed by atoms with Gasteiger partial charge in [0.2, 0.25) is 5.91 Å². The maximum absolute atomic E-state index is 11.8. The first kappa shape index (κ1) is 24.4. The van der Waals surface area contributed by atoms with Gasteiger partial charge in [-0.15, -0.1) is 0 Å². The maximum atomic E-state index is 11.8. The molecule has 26 heavy (non-hydrogen) atoms. The molecule has 0 rings (SSSR count). The first-order valence-electron chi connectivity index (χ1n) is 10.1. The number of carbonyl (C=O) groups excluding carboxylic acids is 2. The highest BCUT2D eigenvalue weighted by Gasteiger charge is 2.23. The Balaban J connectivity index is 3.58. The minimum Gasteiger partial charge on any atom is -0.480 e. The van der Waals surface area contributed by atoms with Crippen LogP contribution in [0.2, 0.25) is 0 Å². The molecule has 6 heteroatoms. The van der Waals surface area contributed by atoms with Gasteiger partial charge in [-0.1, -0.05) is 77.6 Å². The van der Waals surface area contributed by atoms with Crippen LogP contribution >= 0.6 is 0 Å². The number of amides is 1. The molecule has 0 aromatic rings. The zero-order valence-electron chi connectivity index (χ0n) is 16.6. The van der Waals surface area contributed by atoms with Crippen LogP contribution < -0.4 is 5.32 Å². The quantitative estimate of drug-likeness (QED) is 0.295. The second-order valence-electron chi connectivity index (χ2n) is 6.88. The van der Waals surface area contributed by atoms with E-state index in [1.807, 2.05) is 0 Å². The van der Waals surface area contributed by atoms with Gasteiger partial charge in [0.1, 0.15) is 6.04 Å². The second-order valence-corrected chi connectivity index (χ2v) is 6.88. The SMILES string of the molecule is CCCCCCCCCCCCCCC(=O)N[C@@H](CC(=O)OC)C(=O)O. The van der Waals surface area contributed by atoms with E-state index in [1.54, 1.807) is 0 Å². The molecule has 1 amide bonds. The molecule has 0 fully saturated rings. The van der Waals surface area contributed by atoms with Crippen LogP contribution in [0.3, 0.4) is 0 Å². The summed E-state index contributed by atoms with van der Waals surface area (Å²) in [5, 5.41) is 11.4. The van der Waals surface area contributed by atoms with Crippen molar-refractivity contribution in [3.8, 4) is 0 Å². The number of hydrogen-bond acceptors (Lipinski definition) is 4. The third kappa shape index (κ3) is 14.7. The molecule has 6 nitrogen and oxygen atoms in total. The van der Waals surface area contributed by atoms with Crippen molar-refractivity contribution < 1.29 is 24.2 Å². The highest BCUT2D eigenvalue weighted by molar-refractivity contribution is 5.87. The van der Waals surface area contributed by atoms with E-state index in [0.717, 1.165) is 19.3 Å². The number of nitrogens with one attached hydrogen (secondary N) is 1. The number of ether oxygens (including phenoxy) is 1. The Kier molecular flexibility index (Phi) is 15.8. The Labute approximate surface area is 158 Å². The fourth-order valence-electron chi connectivity index (χ4n) is 2.84. The molecule has 0 bridgehead atoms. The normalized spacial score (nSPS) is 11.8. The van der Waals surface area contributed by atoms with Gasteiger partial charge in [0.25, 0.3) is 0 Å². The Bertz CT molecular complexity index is 398. The lowest BCUT2D eigenvalue weighted by atomic mass is 10.0. The van der Waals surface area contributed by atoms with Crippen molar-refractivity contribution in [3.05, 3.63) is 0 Å². The van der Waals surface area contributed by atoms with Crippen LogP contribution in [0.4, 0.5) is 0 Å². The number of carboxylic acid groups (broad SMARTS) is 1. The van der Waals surface area contributed by atoms with Crippen molar-refractivity contribution in [3.63, 3.8) is 0 Å². The van der Waals surface area contributed by atoms with Crippen molar-refractivity contribution in [2.75, 3.05) is 7.11 Å². The van der Waals surface area contributed by atoms with E-state index in [2.05, 4.69) is 17.0 Å². The Morgan fingerprint density at radius 1 is 0.846 bits per heavy atom. The van der Waals surface area contributed by atoms with Crippen LogP contribution in [0.5, 0.6) is 0 Å². The average molecular weight is 372 g/mol. The lowest BCUT2D eigenvalue weighted by Crippen LogP contribution is -2.42.